The molecule has 2 atom stereocenters. The van der Waals surface area contributed by atoms with Crippen molar-refractivity contribution in [3.8, 4) is 0 Å². The third kappa shape index (κ3) is 2.19. The quantitative estimate of drug-likeness (QED) is 0.764. The van der Waals surface area contributed by atoms with Crippen LogP contribution in [0.2, 0.25) is 5.02 Å². The Bertz CT molecular complexity index is 479. The zero-order chi connectivity index (χ0) is 12.7. The molecular formula is C14H15BrClNO. The first-order valence-corrected chi connectivity index (χ1v) is 7.56. The monoisotopic (exact) mass is 327 g/mol. The second-order valence-corrected chi connectivity index (χ2v) is 6.58. The minimum Gasteiger partial charge on any atom is -0.338 e. The van der Waals surface area contributed by atoms with Gasteiger partial charge in [-0.2, -0.15) is 0 Å². The smallest absolute Gasteiger partial charge is 0.255 e. The van der Waals surface area contributed by atoms with E-state index in [1.165, 1.54) is 19.3 Å². The Labute approximate surface area is 120 Å². The molecule has 0 bridgehead atoms. The maximum atomic E-state index is 12.5. The van der Waals surface area contributed by atoms with Crippen LogP contribution in [-0.4, -0.2) is 23.9 Å². The number of nitrogens with zero attached hydrogens (tertiary/aromatic N) is 1. The van der Waals surface area contributed by atoms with E-state index in [1.807, 2.05) is 11.0 Å². The third-order valence-electron chi connectivity index (χ3n) is 4.17. The lowest BCUT2D eigenvalue weighted by molar-refractivity contribution is 0.0780. The number of fused-ring (bicyclic) bond motifs is 1. The van der Waals surface area contributed by atoms with Crippen molar-refractivity contribution < 1.29 is 4.79 Å². The van der Waals surface area contributed by atoms with E-state index in [9.17, 15) is 4.79 Å². The van der Waals surface area contributed by atoms with E-state index in [0.717, 1.165) is 29.4 Å². The molecule has 18 heavy (non-hydrogen) atoms. The van der Waals surface area contributed by atoms with E-state index in [-0.39, 0.29) is 5.91 Å². The average molecular weight is 329 g/mol. The van der Waals surface area contributed by atoms with Gasteiger partial charge in [0, 0.05) is 22.6 Å². The second-order valence-electron chi connectivity index (χ2n) is 5.29. The number of benzene rings is 1. The summed E-state index contributed by atoms with van der Waals surface area (Å²) in [5.74, 6) is 1.57. The van der Waals surface area contributed by atoms with Crippen LogP contribution in [0.25, 0.3) is 0 Å². The van der Waals surface area contributed by atoms with Crippen molar-refractivity contribution in [1.29, 1.82) is 0 Å². The first-order valence-electron chi connectivity index (χ1n) is 6.39. The van der Waals surface area contributed by atoms with Crippen molar-refractivity contribution in [2.24, 2.45) is 11.8 Å². The predicted octanol–water partition coefficient (Wildman–Crippen LogP) is 3.97. The van der Waals surface area contributed by atoms with Crippen LogP contribution in [0.4, 0.5) is 0 Å². The molecule has 1 aromatic rings. The predicted molar refractivity (Wildman–Crippen MR) is 75.9 cm³/mol. The van der Waals surface area contributed by atoms with Gasteiger partial charge in [-0.3, -0.25) is 4.79 Å². The van der Waals surface area contributed by atoms with E-state index in [2.05, 4.69) is 15.9 Å². The fourth-order valence-corrected chi connectivity index (χ4v) is 3.82. The Morgan fingerprint density at radius 3 is 2.61 bits per heavy atom. The van der Waals surface area contributed by atoms with Crippen molar-refractivity contribution >= 4 is 33.4 Å². The van der Waals surface area contributed by atoms with Gasteiger partial charge in [-0.15, -0.1) is 0 Å². The number of halogens is 2. The minimum atomic E-state index is 0.110. The van der Waals surface area contributed by atoms with Crippen LogP contribution in [-0.2, 0) is 0 Å². The summed E-state index contributed by atoms with van der Waals surface area (Å²) in [6.45, 7) is 1.84. The molecule has 1 heterocycles. The molecule has 0 aromatic heterocycles. The van der Waals surface area contributed by atoms with Crippen LogP contribution >= 0.6 is 27.5 Å². The summed E-state index contributed by atoms with van der Waals surface area (Å²) in [6.07, 6.45) is 3.90. The summed E-state index contributed by atoms with van der Waals surface area (Å²) < 4.78 is 0.828. The van der Waals surface area contributed by atoms with Crippen LogP contribution in [0.5, 0.6) is 0 Å². The highest BCUT2D eigenvalue weighted by Crippen LogP contribution is 2.38. The molecule has 3 rings (SSSR count). The van der Waals surface area contributed by atoms with Crippen LogP contribution in [0.1, 0.15) is 29.6 Å². The number of hydrogen-bond acceptors (Lipinski definition) is 1. The third-order valence-corrected chi connectivity index (χ3v) is 5.10. The van der Waals surface area contributed by atoms with Gasteiger partial charge in [0.05, 0.1) is 5.56 Å². The van der Waals surface area contributed by atoms with Crippen LogP contribution < -0.4 is 0 Å². The van der Waals surface area contributed by atoms with Crippen LogP contribution in [0.3, 0.4) is 0 Å². The molecule has 2 nitrogen and oxygen atoms in total. The van der Waals surface area contributed by atoms with E-state index in [0.29, 0.717) is 10.6 Å². The molecule has 2 fully saturated rings. The lowest BCUT2D eigenvalue weighted by Gasteiger charge is -2.18. The molecule has 0 spiro atoms. The molecule has 1 saturated carbocycles. The van der Waals surface area contributed by atoms with E-state index < -0.39 is 0 Å². The van der Waals surface area contributed by atoms with Crippen molar-refractivity contribution in [3.63, 3.8) is 0 Å². The summed E-state index contributed by atoms with van der Waals surface area (Å²) in [4.78, 5) is 14.5. The van der Waals surface area contributed by atoms with Gasteiger partial charge < -0.3 is 4.90 Å². The Kier molecular flexibility index (Phi) is 3.37. The lowest BCUT2D eigenvalue weighted by Crippen LogP contribution is -2.29. The molecule has 4 heteroatoms. The zero-order valence-corrected chi connectivity index (χ0v) is 12.4. The highest BCUT2D eigenvalue weighted by atomic mass is 79.9. The van der Waals surface area contributed by atoms with Crippen molar-refractivity contribution in [2.45, 2.75) is 19.3 Å². The Balaban J connectivity index is 1.81. The Morgan fingerprint density at radius 2 is 1.94 bits per heavy atom. The minimum absolute atomic E-state index is 0.110. The van der Waals surface area contributed by atoms with Gasteiger partial charge in [-0.05, 0) is 58.8 Å². The fourth-order valence-electron chi connectivity index (χ4n) is 3.23. The number of amides is 1. The maximum Gasteiger partial charge on any atom is 0.255 e. The molecule has 0 N–H and O–H groups in total. The Hall–Kier alpha value is -0.540. The molecule has 96 valence electrons. The van der Waals surface area contributed by atoms with Gasteiger partial charge >= 0.3 is 0 Å². The zero-order valence-electron chi connectivity index (χ0n) is 10.0. The van der Waals surface area contributed by atoms with Crippen molar-refractivity contribution in [1.82, 2.24) is 4.90 Å². The average Bonchev–Trinajstić information content (AvgIpc) is 2.91. The highest BCUT2D eigenvalue weighted by Gasteiger charge is 2.38. The van der Waals surface area contributed by atoms with Gasteiger partial charge in [-0.25, -0.2) is 0 Å². The van der Waals surface area contributed by atoms with Crippen LogP contribution in [0, 0.1) is 11.8 Å². The SMILES string of the molecule is O=C(c1cc(Cl)ccc1Br)N1CC2CCCC2C1. The summed E-state index contributed by atoms with van der Waals surface area (Å²) in [5.41, 5.74) is 0.683. The van der Waals surface area contributed by atoms with Crippen molar-refractivity contribution in [3.05, 3.63) is 33.3 Å². The topological polar surface area (TPSA) is 20.3 Å². The van der Waals surface area contributed by atoms with Gasteiger partial charge in [0.25, 0.3) is 5.91 Å². The van der Waals surface area contributed by atoms with E-state index in [4.69, 9.17) is 11.6 Å². The number of carbonyl (C=O) groups is 1. The summed E-state index contributed by atoms with van der Waals surface area (Å²) >= 11 is 9.41. The molecule has 1 aliphatic carbocycles. The lowest BCUT2D eigenvalue weighted by atomic mass is 10.0. The Morgan fingerprint density at radius 1 is 1.28 bits per heavy atom. The molecule has 0 radical (unpaired) electrons. The number of carbonyl (C=O) groups excluding carboxylic acids is 1. The van der Waals surface area contributed by atoms with Crippen LogP contribution in [0.15, 0.2) is 22.7 Å². The molecule has 1 saturated heterocycles. The summed E-state index contributed by atoms with van der Waals surface area (Å²) in [6, 6.07) is 5.38. The molecule has 2 unspecified atom stereocenters. The number of likely N-dealkylation sites (tertiary alicyclic amines) is 1. The van der Waals surface area contributed by atoms with E-state index >= 15 is 0 Å². The number of rotatable bonds is 1. The van der Waals surface area contributed by atoms with E-state index in [1.54, 1.807) is 12.1 Å². The van der Waals surface area contributed by atoms with Gasteiger partial charge in [-0.1, -0.05) is 18.0 Å². The maximum absolute atomic E-state index is 12.5. The summed E-state index contributed by atoms with van der Waals surface area (Å²) in [7, 11) is 0. The highest BCUT2D eigenvalue weighted by molar-refractivity contribution is 9.10. The van der Waals surface area contributed by atoms with Crippen molar-refractivity contribution in [2.75, 3.05) is 13.1 Å². The van der Waals surface area contributed by atoms with Gasteiger partial charge in [0.15, 0.2) is 0 Å². The molecular weight excluding hydrogens is 314 g/mol. The summed E-state index contributed by atoms with van der Waals surface area (Å²) in [5, 5.41) is 0.612. The van der Waals surface area contributed by atoms with Gasteiger partial charge in [0.2, 0.25) is 0 Å². The first-order chi connectivity index (χ1) is 8.65. The molecule has 1 amide bonds. The normalized spacial score (nSPS) is 26.4. The molecule has 1 aliphatic heterocycles. The first kappa shape index (κ1) is 12.5. The standard InChI is InChI=1S/C14H15BrClNO/c15-13-5-4-11(16)6-12(13)14(18)17-7-9-2-1-3-10(9)8-17/h4-6,9-10H,1-3,7-8H2. The second kappa shape index (κ2) is 4.86. The fraction of sp³-hybridized carbons (Fsp3) is 0.500. The molecule has 2 aliphatic rings. The largest absolute Gasteiger partial charge is 0.338 e. The molecule has 1 aromatic carbocycles. The number of hydrogen-bond donors (Lipinski definition) is 0. The van der Waals surface area contributed by atoms with Gasteiger partial charge in [0.1, 0.15) is 0 Å².